The van der Waals surface area contributed by atoms with E-state index in [1.165, 1.54) is 10.4 Å². The number of imidazole rings is 1. The van der Waals surface area contributed by atoms with E-state index in [0.717, 1.165) is 29.0 Å². The first kappa shape index (κ1) is 18.1. The molecule has 2 N–H and O–H groups in total. The van der Waals surface area contributed by atoms with Crippen molar-refractivity contribution in [2.45, 2.75) is 33.5 Å². The minimum Gasteiger partial charge on any atom is -0.350 e. The summed E-state index contributed by atoms with van der Waals surface area (Å²) in [4.78, 5) is 14.5. The van der Waals surface area contributed by atoms with Crippen molar-refractivity contribution in [3.8, 4) is 0 Å². The molecule has 2 heterocycles. The summed E-state index contributed by atoms with van der Waals surface area (Å²) in [6, 6.07) is 10.4. The zero-order valence-electron chi connectivity index (χ0n) is 15.4. The average Bonchev–Trinajstić information content (AvgIpc) is 3.22. The summed E-state index contributed by atoms with van der Waals surface area (Å²) in [6.45, 7) is 6.21. The fourth-order valence-corrected chi connectivity index (χ4v) is 3.46. The first-order valence-electron chi connectivity index (χ1n) is 8.57. The van der Waals surface area contributed by atoms with Crippen molar-refractivity contribution in [1.82, 2.24) is 25.2 Å². The van der Waals surface area contributed by atoms with Gasteiger partial charge in [-0.1, -0.05) is 30.3 Å². The van der Waals surface area contributed by atoms with Gasteiger partial charge >= 0.3 is 0 Å². The molecule has 0 saturated heterocycles. The Balaban J connectivity index is 1.55. The number of rotatable bonds is 6. The molecule has 0 aliphatic rings. The molecule has 2 aromatic heterocycles. The van der Waals surface area contributed by atoms with E-state index in [2.05, 4.69) is 61.4 Å². The van der Waals surface area contributed by atoms with Gasteiger partial charge in [0.1, 0.15) is 10.8 Å². The van der Waals surface area contributed by atoms with Crippen LogP contribution in [0.1, 0.15) is 27.0 Å². The van der Waals surface area contributed by atoms with Crippen LogP contribution in [-0.2, 0) is 19.6 Å². The lowest BCUT2D eigenvalue weighted by Gasteiger charge is -2.12. The highest BCUT2D eigenvalue weighted by Crippen LogP contribution is 2.15. The maximum Gasteiger partial charge on any atom is 0.191 e. The minimum absolute atomic E-state index is 0.607. The predicted molar refractivity (Wildman–Crippen MR) is 106 cm³/mol. The van der Waals surface area contributed by atoms with Crippen molar-refractivity contribution in [2.24, 2.45) is 4.99 Å². The van der Waals surface area contributed by atoms with E-state index in [4.69, 9.17) is 0 Å². The van der Waals surface area contributed by atoms with E-state index in [9.17, 15) is 0 Å². The van der Waals surface area contributed by atoms with Crippen molar-refractivity contribution in [1.29, 1.82) is 0 Å². The molecule has 0 aliphatic carbocycles. The molecule has 1 aromatic carbocycles. The lowest BCUT2D eigenvalue weighted by atomic mass is 10.2. The first-order valence-corrected chi connectivity index (χ1v) is 9.38. The van der Waals surface area contributed by atoms with Crippen molar-refractivity contribution >= 4 is 17.3 Å². The third-order valence-corrected chi connectivity index (χ3v) is 5.19. The monoisotopic (exact) mass is 368 g/mol. The Morgan fingerprint density at radius 1 is 1.15 bits per heavy atom. The summed E-state index contributed by atoms with van der Waals surface area (Å²) < 4.78 is 2.14. The largest absolute Gasteiger partial charge is 0.350 e. The lowest BCUT2D eigenvalue weighted by Crippen LogP contribution is -2.37. The predicted octanol–water partition coefficient (Wildman–Crippen LogP) is 2.87. The Morgan fingerprint density at radius 3 is 2.62 bits per heavy atom. The number of aromatic nitrogens is 3. The van der Waals surface area contributed by atoms with Gasteiger partial charge in [-0.2, -0.15) is 0 Å². The molecule has 26 heavy (non-hydrogen) atoms. The average molecular weight is 369 g/mol. The molecule has 0 atom stereocenters. The highest BCUT2D eigenvalue weighted by atomic mass is 32.1. The van der Waals surface area contributed by atoms with Crippen LogP contribution in [0.15, 0.2) is 47.7 Å². The van der Waals surface area contributed by atoms with Gasteiger partial charge in [0.15, 0.2) is 5.96 Å². The molecule has 0 radical (unpaired) electrons. The quantitative estimate of drug-likeness (QED) is 0.519. The Kier molecular flexibility index (Phi) is 6.01. The van der Waals surface area contributed by atoms with Crippen LogP contribution in [0.5, 0.6) is 0 Å². The van der Waals surface area contributed by atoms with Gasteiger partial charge in [-0.05, 0) is 19.4 Å². The number of nitrogens with one attached hydrogen (secondary N) is 2. The van der Waals surface area contributed by atoms with Crippen LogP contribution in [0.4, 0.5) is 0 Å². The summed E-state index contributed by atoms with van der Waals surface area (Å²) in [5.74, 6) is 1.71. The van der Waals surface area contributed by atoms with Crippen LogP contribution in [0, 0.1) is 13.8 Å². The van der Waals surface area contributed by atoms with Gasteiger partial charge in [0.25, 0.3) is 0 Å². The zero-order chi connectivity index (χ0) is 18.4. The number of nitrogens with zero attached hydrogens (tertiary/aromatic N) is 4. The Morgan fingerprint density at radius 2 is 1.92 bits per heavy atom. The standard InChI is InChI=1S/C19H24N6S/c1-14-15(2)26-18(24-14)12-23-19(20-3)22-11-17-21-9-10-25(17)13-16-7-5-4-6-8-16/h4-10H,11-13H2,1-3H3,(H2,20,22,23). The number of benzene rings is 1. The molecule has 0 fully saturated rings. The first-order chi connectivity index (χ1) is 12.7. The zero-order valence-corrected chi connectivity index (χ0v) is 16.2. The van der Waals surface area contributed by atoms with E-state index in [0.29, 0.717) is 13.1 Å². The number of hydrogen-bond donors (Lipinski definition) is 2. The molecular weight excluding hydrogens is 344 g/mol. The van der Waals surface area contributed by atoms with Crippen molar-refractivity contribution in [3.05, 3.63) is 69.7 Å². The summed E-state index contributed by atoms with van der Waals surface area (Å²) in [5.41, 5.74) is 2.35. The van der Waals surface area contributed by atoms with Gasteiger partial charge in [-0.25, -0.2) is 9.97 Å². The molecule has 0 bridgehead atoms. The highest BCUT2D eigenvalue weighted by Gasteiger charge is 2.07. The van der Waals surface area contributed by atoms with Crippen LogP contribution >= 0.6 is 11.3 Å². The third-order valence-electron chi connectivity index (χ3n) is 4.11. The van der Waals surface area contributed by atoms with E-state index < -0.39 is 0 Å². The van der Waals surface area contributed by atoms with Gasteiger partial charge in [0.2, 0.25) is 0 Å². The van der Waals surface area contributed by atoms with Crippen molar-refractivity contribution in [3.63, 3.8) is 0 Å². The van der Waals surface area contributed by atoms with E-state index in [-0.39, 0.29) is 0 Å². The second-order valence-electron chi connectivity index (χ2n) is 5.99. The van der Waals surface area contributed by atoms with Crippen molar-refractivity contribution in [2.75, 3.05) is 7.05 Å². The van der Waals surface area contributed by atoms with Gasteiger partial charge in [0.05, 0.1) is 18.8 Å². The maximum atomic E-state index is 4.54. The fourth-order valence-electron chi connectivity index (χ4n) is 2.59. The highest BCUT2D eigenvalue weighted by molar-refractivity contribution is 7.11. The van der Waals surface area contributed by atoms with Crippen LogP contribution in [0.2, 0.25) is 0 Å². The normalized spacial score (nSPS) is 11.6. The number of thiazole rings is 1. The second kappa shape index (κ2) is 8.62. The van der Waals surface area contributed by atoms with Gasteiger partial charge < -0.3 is 15.2 Å². The number of guanidine groups is 1. The van der Waals surface area contributed by atoms with Crippen LogP contribution in [-0.4, -0.2) is 27.5 Å². The summed E-state index contributed by atoms with van der Waals surface area (Å²) in [5, 5.41) is 7.69. The SMILES string of the molecule is CN=C(NCc1nc(C)c(C)s1)NCc1nccn1Cc1ccccc1. The van der Waals surface area contributed by atoms with Gasteiger partial charge in [-0.15, -0.1) is 11.3 Å². The van der Waals surface area contributed by atoms with E-state index in [1.807, 2.05) is 25.4 Å². The second-order valence-corrected chi connectivity index (χ2v) is 7.27. The maximum absolute atomic E-state index is 4.54. The molecule has 7 heteroatoms. The molecule has 0 spiro atoms. The third kappa shape index (κ3) is 4.70. The number of hydrogen-bond acceptors (Lipinski definition) is 4. The molecule has 6 nitrogen and oxygen atoms in total. The summed E-state index contributed by atoms with van der Waals surface area (Å²) in [7, 11) is 1.77. The minimum atomic E-state index is 0.607. The summed E-state index contributed by atoms with van der Waals surface area (Å²) >= 11 is 1.71. The van der Waals surface area contributed by atoms with E-state index in [1.54, 1.807) is 18.4 Å². The fraction of sp³-hybridized carbons (Fsp3) is 0.316. The molecule has 3 rings (SSSR count). The number of aryl methyl sites for hydroxylation is 2. The number of aliphatic imine (C=N–C) groups is 1. The lowest BCUT2D eigenvalue weighted by molar-refractivity contribution is 0.687. The van der Waals surface area contributed by atoms with Crippen LogP contribution in [0.25, 0.3) is 0 Å². The molecular formula is C19H24N6S. The topological polar surface area (TPSA) is 67.1 Å². The molecule has 0 aliphatic heterocycles. The summed E-state index contributed by atoms with van der Waals surface area (Å²) in [6.07, 6.45) is 3.83. The smallest absolute Gasteiger partial charge is 0.191 e. The Labute approximate surface area is 158 Å². The van der Waals surface area contributed by atoms with E-state index >= 15 is 0 Å². The van der Waals surface area contributed by atoms with Crippen LogP contribution in [0.3, 0.4) is 0 Å². The molecule has 136 valence electrons. The van der Waals surface area contributed by atoms with Crippen LogP contribution < -0.4 is 10.6 Å². The molecule has 3 aromatic rings. The Hall–Kier alpha value is -2.67. The molecule has 0 amide bonds. The van der Waals surface area contributed by atoms with Gasteiger partial charge in [0, 0.05) is 30.9 Å². The van der Waals surface area contributed by atoms with Gasteiger partial charge in [-0.3, -0.25) is 4.99 Å². The Bertz CT molecular complexity index is 846. The molecule has 0 saturated carbocycles. The van der Waals surface area contributed by atoms with Crippen molar-refractivity contribution < 1.29 is 0 Å². The molecule has 0 unspecified atom stereocenters.